The summed E-state index contributed by atoms with van der Waals surface area (Å²) in [6.07, 6.45) is 4.74. The molecule has 0 bridgehead atoms. The molecular weight excluding hydrogens is 300 g/mol. The van der Waals surface area contributed by atoms with E-state index in [4.69, 9.17) is 11.6 Å². The average Bonchev–Trinajstić information content (AvgIpc) is 2.54. The van der Waals surface area contributed by atoms with E-state index in [0.29, 0.717) is 28.9 Å². The molecule has 0 atom stereocenters. The summed E-state index contributed by atoms with van der Waals surface area (Å²) in [4.78, 5) is 20.3. The Morgan fingerprint density at radius 3 is 2.82 bits per heavy atom. The van der Waals surface area contributed by atoms with Gasteiger partial charge in [-0.2, -0.15) is 0 Å². The van der Waals surface area contributed by atoms with Crippen molar-refractivity contribution in [2.45, 2.75) is 26.2 Å². The maximum absolute atomic E-state index is 12.0. The lowest BCUT2D eigenvalue weighted by Crippen LogP contribution is -2.25. The Labute approximate surface area is 135 Å². The lowest BCUT2D eigenvalue weighted by atomic mass is 10.2. The highest BCUT2D eigenvalue weighted by atomic mass is 35.5. The number of rotatable bonds is 7. The van der Waals surface area contributed by atoms with Crippen molar-refractivity contribution in [3.8, 4) is 0 Å². The molecule has 0 saturated heterocycles. The zero-order valence-corrected chi connectivity index (χ0v) is 13.2. The third kappa shape index (κ3) is 4.70. The van der Waals surface area contributed by atoms with Gasteiger partial charge in [0.15, 0.2) is 0 Å². The molecule has 2 rings (SSSR count). The zero-order chi connectivity index (χ0) is 15.8. The van der Waals surface area contributed by atoms with Crippen molar-refractivity contribution >= 4 is 29.1 Å². The van der Waals surface area contributed by atoms with Gasteiger partial charge in [-0.25, -0.2) is 9.97 Å². The maximum Gasteiger partial charge on any atom is 0.270 e. The number of nitrogens with zero attached hydrogens (tertiary/aromatic N) is 2. The van der Waals surface area contributed by atoms with Crippen LogP contribution in [-0.4, -0.2) is 22.4 Å². The van der Waals surface area contributed by atoms with Crippen LogP contribution in [0.1, 0.15) is 36.7 Å². The van der Waals surface area contributed by atoms with E-state index in [1.54, 1.807) is 18.3 Å². The second-order valence-corrected chi connectivity index (χ2v) is 5.24. The summed E-state index contributed by atoms with van der Waals surface area (Å²) < 4.78 is 0. The van der Waals surface area contributed by atoms with Crippen molar-refractivity contribution in [1.82, 2.24) is 15.3 Å². The molecule has 0 saturated carbocycles. The van der Waals surface area contributed by atoms with Gasteiger partial charge >= 0.3 is 0 Å². The molecule has 0 aliphatic carbocycles. The van der Waals surface area contributed by atoms with Gasteiger partial charge in [0.2, 0.25) is 5.95 Å². The Morgan fingerprint density at radius 2 is 2.05 bits per heavy atom. The van der Waals surface area contributed by atoms with Crippen LogP contribution in [0.25, 0.3) is 0 Å². The van der Waals surface area contributed by atoms with E-state index >= 15 is 0 Å². The van der Waals surface area contributed by atoms with Crippen LogP contribution < -0.4 is 10.6 Å². The molecule has 1 amide bonds. The van der Waals surface area contributed by atoms with E-state index in [0.717, 1.165) is 19.3 Å². The first-order valence-corrected chi connectivity index (χ1v) is 7.71. The normalized spacial score (nSPS) is 10.3. The molecule has 2 aromatic rings. The molecule has 5 nitrogen and oxygen atoms in total. The van der Waals surface area contributed by atoms with E-state index in [1.165, 1.54) is 0 Å². The third-order valence-electron chi connectivity index (χ3n) is 3.07. The Bertz CT molecular complexity index is 633. The second-order valence-electron chi connectivity index (χ2n) is 4.83. The highest BCUT2D eigenvalue weighted by Gasteiger charge is 2.09. The van der Waals surface area contributed by atoms with E-state index in [-0.39, 0.29) is 5.91 Å². The fourth-order valence-corrected chi connectivity index (χ4v) is 2.08. The first-order chi connectivity index (χ1) is 10.7. The molecule has 0 spiro atoms. The van der Waals surface area contributed by atoms with Crippen molar-refractivity contribution < 1.29 is 4.79 Å². The lowest BCUT2D eigenvalue weighted by molar-refractivity contribution is 0.0948. The smallest absolute Gasteiger partial charge is 0.270 e. The Kier molecular flexibility index (Phi) is 6.15. The number of unbranched alkanes of at least 4 members (excludes halogenated alkanes) is 2. The summed E-state index contributed by atoms with van der Waals surface area (Å²) in [5.74, 6) is 0.148. The van der Waals surface area contributed by atoms with E-state index < -0.39 is 0 Å². The van der Waals surface area contributed by atoms with Crippen molar-refractivity contribution in [3.05, 3.63) is 47.2 Å². The minimum Gasteiger partial charge on any atom is -0.351 e. The quantitative estimate of drug-likeness (QED) is 0.762. The van der Waals surface area contributed by atoms with Gasteiger partial charge < -0.3 is 10.6 Å². The topological polar surface area (TPSA) is 66.9 Å². The number of aromatic nitrogens is 2. The van der Waals surface area contributed by atoms with Crippen molar-refractivity contribution in [1.29, 1.82) is 0 Å². The van der Waals surface area contributed by atoms with Gasteiger partial charge in [-0.05, 0) is 24.6 Å². The minimum atomic E-state index is -0.194. The number of carbonyl (C=O) groups is 1. The number of nitrogens with one attached hydrogen (secondary N) is 2. The van der Waals surface area contributed by atoms with Crippen molar-refractivity contribution in [2.75, 3.05) is 11.9 Å². The molecule has 2 N–H and O–H groups in total. The number of para-hydroxylation sites is 1. The van der Waals surface area contributed by atoms with E-state index in [9.17, 15) is 4.79 Å². The van der Waals surface area contributed by atoms with Gasteiger partial charge in [0.25, 0.3) is 5.91 Å². The lowest BCUT2D eigenvalue weighted by Gasteiger charge is -2.08. The molecule has 0 radical (unpaired) electrons. The highest BCUT2D eigenvalue weighted by molar-refractivity contribution is 6.33. The number of anilines is 2. The molecule has 1 heterocycles. The molecule has 1 aromatic carbocycles. The summed E-state index contributed by atoms with van der Waals surface area (Å²) in [5, 5.41) is 6.43. The number of benzene rings is 1. The summed E-state index contributed by atoms with van der Waals surface area (Å²) in [5.41, 5.74) is 1.03. The van der Waals surface area contributed by atoms with Gasteiger partial charge in [-0.15, -0.1) is 0 Å². The number of carbonyl (C=O) groups excluding carboxylic acids is 1. The number of hydrogen-bond donors (Lipinski definition) is 2. The summed E-state index contributed by atoms with van der Waals surface area (Å²) in [6, 6.07) is 8.89. The standard InChI is InChI=1S/C16H19ClN4O/c1-2-3-6-10-18-15(22)14-9-11-19-16(21-14)20-13-8-5-4-7-12(13)17/h4-5,7-9,11H,2-3,6,10H2,1H3,(H,18,22)(H,19,20,21). The minimum absolute atomic E-state index is 0.194. The van der Waals surface area contributed by atoms with Crippen LogP contribution in [-0.2, 0) is 0 Å². The van der Waals surface area contributed by atoms with Crippen LogP contribution >= 0.6 is 11.6 Å². The molecule has 0 aliphatic rings. The first kappa shape index (κ1) is 16.2. The monoisotopic (exact) mass is 318 g/mol. The summed E-state index contributed by atoms with van der Waals surface area (Å²) in [6.45, 7) is 2.78. The Hall–Kier alpha value is -2.14. The van der Waals surface area contributed by atoms with Gasteiger partial charge in [0.1, 0.15) is 5.69 Å². The van der Waals surface area contributed by atoms with Gasteiger partial charge in [0.05, 0.1) is 10.7 Å². The van der Waals surface area contributed by atoms with Crippen LogP contribution in [0.2, 0.25) is 5.02 Å². The van der Waals surface area contributed by atoms with Crippen LogP contribution in [0.5, 0.6) is 0 Å². The predicted octanol–water partition coefficient (Wildman–Crippen LogP) is 3.79. The summed E-state index contributed by atoms with van der Waals surface area (Å²) >= 11 is 6.08. The van der Waals surface area contributed by atoms with Crippen molar-refractivity contribution in [2.24, 2.45) is 0 Å². The average molecular weight is 319 g/mol. The zero-order valence-electron chi connectivity index (χ0n) is 12.5. The van der Waals surface area contributed by atoms with E-state index in [2.05, 4.69) is 27.5 Å². The molecule has 1 aromatic heterocycles. The number of halogens is 1. The molecular formula is C16H19ClN4O. The fourth-order valence-electron chi connectivity index (χ4n) is 1.90. The van der Waals surface area contributed by atoms with Crippen LogP contribution in [0.4, 0.5) is 11.6 Å². The van der Waals surface area contributed by atoms with Gasteiger partial charge in [-0.3, -0.25) is 4.79 Å². The van der Waals surface area contributed by atoms with Gasteiger partial charge in [-0.1, -0.05) is 43.5 Å². The second kappa shape index (κ2) is 8.34. The molecule has 0 aliphatic heterocycles. The molecule has 0 unspecified atom stereocenters. The Balaban J connectivity index is 2.00. The van der Waals surface area contributed by atoms with Gasteiger partial charge in [0, 0.05) is 12.7 Å². The van der Waals surface area contributed by atoms with Crippen LogP contribution in [0.15, 0.2) is 36.5 Å². The van der Waals surface area contributed by atoms with Crippen LogP contribution in [0, 0.1) is 0 Å². The third-order valence-corrected chi connectivity index (χ3v) is 3.40. The predicted molar refractivity (Wildman–Crippen MR) is 88.6 cm³/mol. The molecule has 6 heteroatoms. The molecule has 22 heavy (non-hydrogen) atoms. The summed E-state index contributed by atoms with van der Waals surface area (Å²) in [7, 11) is 0. The number of hydrogen-bond acceptors (Lipinski definition) is 4. The fraction of sp³-hybridized carbons (Fsp3) is 0.312. The SMILES string of the molecule is CCCCCNC(=O)c1ccnc(Nc2ccccc2Cl)n1. The van der Waals surface area contributed by atoms with Crippen LogP contribution in [0.3, 0.4) is 0 Å². The Morgan fingerprint density at radius 1 is 1.23 bits per heavy atom. The van der Waals surface area contributed by atoms with E-state index in [1.807, 2.05) is 18.2 Å². The molecule has 0 fully saturated rings. The van der Waals surface area contributed by atoms with Crippen molar-refractivity contribution in [3.63, 3.8) is 0 Å². The maximum atomic E-state index is 12.0. The molecule has 116 valence electrons. The largest absolute Gasteiger partial charge is 0.351 e. The highest BCUT2D eigenvalue weighted by Crippen LogP contribution is 2.22. The number of amides is 1. The first-order valence-electron chi connectivity index (χ1n) is 7.33.